The Kier molecular flexibility index (Phi) is 3.60. The fourth-order valence-corrected chi connectivity index (χ4v) is 3.16. The van der Waals surface area contributed by atoms with Crippen molar-refractivity contribution < 1.29 is 0 Å². The first-order valence-electron chi connectivity index (χ1n) is 6.10. The monoisotopic (exact) mass is 235 g/mol. The zero-order valence-corrected chi connectivity index (χ0v) is 11.1. The summed E-state index contributed by atoms with van der Waals surface area (Å²) in [5.41, 5.74) is 9.26. The molecule has 1 aromatic rings. The summed E-state index contributed by atoms with van der Waals surface area (Å²) in [7, 11) is 0. The van der Waals surface area contributed by atoms with E-state index in [4.69, 9.17) is 5.73 Å². The van der Waals surface area contributed by atoms with Crippen LogP contribution in [0.25, 0.3) is 0 Å². The Labute approximate surface area is 103 Å². The van der Waals surface area contributed by atoms with E-state index in [1.807, 2.05) is 0 Å². The number of aryl methyl sites for hydroxylation is 1. The lowest BCUT2D eigenvalue weighted by atomic mass is 9.76. The van der Waals surface area contributed by atoms with Crippen LogP contribution in [0.3, 0.4) is 0 Å². The Morgan fingerprint density at radius 2 is 1.88 bits per heavy atom. The second-order valence-electron chi connectivity index (χ2n) is 4.90. The molecule has 1 aliphatic carbocycles. The number of nitrogens with two attached hydrogens (primary N) is 1. The third-order valence-corrected chi connectivity index (χ3v) is 4.45. The van der Waals surface area contributed by atoms with E-state index in [1.54, 1.807) is 11.8 Å². The first-order chi connectivity index (χ1) is 7.65. The molecule has 0 spiro atoms. The maximum atomic E-state index is 6.60. The van der Waals surface area contributed by atoms with Crippen LogP contribution in [0.15, 0.2) is 23.1 Å². The van der Waals surface area contributed by atoms with Crippen LogP contribution in [0.1, 0.15) is 43.2 Å². The molecule has 88 valence electrons. The standard InChI is InChI=1S/C14H21NS/c1-11-6-7-12(16-2)10-13(11)14(15)8-4-3-5-9-14/h6-7,10H,3-5,8-9,15H2,1-2H3. The minimum Gasteiger partial charge on any atom is -0.321 e. The van der Waals surface area contributed by atoms with Crippen LogP contribution in [0, 0.1) is 6.92 Å². The van der Waals surface area contributed by atoms with Crippen LogP contribution in [0.4, 0.5) is 0 Å². The molecule has 0 radical (unpaired) electrons. The van der Waals surface area contributed by atoms with E-state index >= 15 is 0 Å². The molecular formula is C14H21NS. The predicted molar refractivity (Wildman–Crippen MR) is 71.9 cm³/mol. The Morgan fingerprint density at radius 3 is 2.50 bits per heavy atom. The molecule has 1 fully saturated rings. The lowest BCUT2D eigenvalue weighted by Crippen LogP contribution is -2.39. The highest BCUT2D eigenvalue weighted by Gasteiger charge is 2.30. The van der Waals surface area contributed by atoms with Gasteiger partial charge in [-0.25, -0.2) is 0 Å². The number of rotatable bonds is 2. The van der Waals surface area contributed by atoms with E-state index in [-0.39, 0.29) is 5.54 Å². The third kappa shape index (κ3) is 2.28. The highest BCUT2D eigenvalue weighted by atomic mass is 32.2. The summed E-state index contributed by atoms with van der Waals surface area (Å²) in [4.78, 5) is 1.33. The van der Waals surface area contributed by atoms with Crippen molar-refractivity contribution in [2.24, 2.45) is 5.73 Å². The maximum absolute atomic E-state index is 6.60. The molecular weight excluding hydrogens is 214 g/mol. The summed E-state index contributed by atoms with van der Waals surface area (Å²) in [5, 5.41) is 0. The molecule has 16 heavy (non-hydrogen) atoms. The van der Waals surface area contributed by atoms with Crippen molar-refractivity contribution >= 4 is 11.8 Å². The van der Waals surface area contributed by atoms with Gasteiger partial charge in [0.25, 0.3) is 0 Å². The zero-order chi connectivity index (χ0) is 11.6. The van der Waals surface area contributed by atoms with Gasteiger partial charge in [0.2, 0.25) is 0 Å². The second-order valence-corrected chi connectivity index (χ2v) is 5.78. The molecule has 2 rings (SSSR count). The molecule has 0 aliphatic heterocycles. The molecule has 0 saturated heterocycles. The smallest absolute Gasteiger partial charge is 0.0412 e. The van der Waals surface area contributed by atoms with E-state index in [9.17, 15) is 0 Å². The SMILES string of the molecule is CSc1ccc(C)c(C2(N)CCCCC2)c1. The molecule has 0 bridgehead atoms. The molecule has 0 aromatic heterocycles. The van der Waals surface area contributed by atoms with Crippen molar-refractivity contribution in [3.63, 3.8) is 0 Å². The molecule has 1 aliphatic rings. The largest absolute Gasteiger partial charge is 0.321 e. The minimum atomic E-state index is -0.0614. The quantitative estimate of drug-likeness (QED) is 0.788. The molecule has 1 saturated carbocycles. The fraction of sp³-hybridized carbons (Fsp3) is 0.571. The number of thioether (sulfide) groups is 1. The lowest BCUT2D eigenvalue weighted by molar-refractivity contribution is 0.301. The zero-order valence-electron chi connectivity index (χ0n) is 10.3. The van der Waals surface area contributed by atoms with Gasteiger partial charge in [0.1, 0.15) is 0 Å². The first-order valence-corrected chi connectivity index (χ1v) is 7.32. The van der Waals surface area contributed by atoms with Gasteiger partial charge in [-0.2, -0.15) is 0 Å². The normalized spacial score (nSPS) is 19.7. The van der Waals surface area contributed by atoms with Gasteiger partial charge in [-0.15, -0.1) is 11.8 Å². The van der Waals surface area contributed by atoms with Gasteiger partial charge in [0.05, 0.1) is 0 Å². The molecule has 0 atom stereocenters. The molecule has 0 amide bonds. The van der Waals surface area contributed by atoms with Gasteiger partial charge in [0.15, 0.2) is 0 Å². The van der Waals surface area contributed by atoms with E-state index in [0.29, 0.717) is 0 Å². The van der Waals surface area contributed by atoms with Crippen molar-refractivity contribution in [2.45, 2.75) is 49.5 Å². The third-order valence-electron chi connectivity index (χ3n) is 3.73. The number of hydrogen-bond donors (Lipinski definition) is 1. The molecule has 1 aromatic carbocycles. The van der Waals surface area contributed by atoms with E-state index in [0.717, 1.165) is 12.8 Å². The Bertz CT molecular complexity index is 367. The summed E-state index contributed by atoms with van der Waals surface area (Å²) in [5.74, 6) is 0. The summed E-state index contributed by atoms with van der Waals surface area (Å²) in [6, 6.07) is 6.70. The molecule has 0 unspecified atom stereocenters. The summed E-state index contributed by atoms with van der Waals surface area (Å²) < 4.78 is 0. The van der Waals surface area contributed by atoms with Gasteiger partial charge in [-0.3, -0.25) is 0 Å². The van der Waals surface area contributed by atoms with E-state index in [1.165, 1.54) is 35.3 Å². The first kappa shape index (κ1) is 12.0. The summed E-state index contributed by atoms with van der Waals surface area (Å²) >= 11 is 1.80. The van der Waals surface area contributed by atoms with Crippen LogP contribution < -0.4 is 5.73 Å². The fourth-order valence-electron chi connectivity index (χ4n) is 2.72. The predicted octanol–water partition coefficient (Wildman–Crippen LogP) is 3.84. The van der Waals surface area contributed by atoms with Crippen molar-refractivity contribution in [1.29, 1.82) is 0 Å². The molecule has 2 heteroatoms. The number of hydrogen-bond acceptors (Lipinski definition) is 2. The highest BCUT2D eigenvalue weighted by molar-refractivity contribution is 7.98. The Balaban J connectivity index is 2.37. The summed E-state index contributed by atoms with van der Waals surface area (Å²) in [6.07, 6.45) is 8.31. The van der Waals surface area contributed by atoms with Crippen molar-refractivity contribution in [3.05, 3.63) is 29.3 Å². The molecule has 2 N–H and O–H groups in total. The van der Waals surface area contributed by atoms with Gasteiger partial charge >= 0.3 is 0 Å². The average molecular weight is 235 g/mol. The van der Waals surface area contributed by atoms with Gasteiger partial charge in [-0.05, 0) is 49.3 Å². The van der Waals surface area contributed by atoms with Crippen molar-refractivity contribution in [1.82, 2.24) is 0 Å². The molecule has 1 nitrogen and oxygen atoms in total. The highest BCUT2D eigenvalue weighted by Crippen LogP contribution is 2.37. The maximum Gasteiger partial charge on any atom is 0.0412 e. The van der Waals surface area contributed by atoms with Gasteiger partial charge in [0, 0.05) is 10.4 Å². The van der Waals surface area contributed by atoms with Crippen molar-refractivity contribution in [2.75, 3.05) is 6.26 Å². The average Bonchev–Trinajstić information content (AvgIpc) is 2.30. The Morgan fingerprint density at radius 1 is 1.19 bits per heavy atom. The molecule has 0 heterocycles. The minimum absolute atomic E-state index is 0.0614. The van der Waals surface area contributed by atoms with Gasteiger partial charge < -0.3 is 5.73 Å². The van der Waals surface area contributed by atoms with Gasteiger partial charge in [-0.1, -0.05) is 25.3 Å². The second kappa shape index (κ2) is 4.80. The van der Waals surface area contributed by atoms with Crippen LogP contribution in [-0.4, -0.2) is 6.26 Å². The van der Waals surface area contributed by atoms with Crippen LogP contribution in [-0.2, 0) is 5.54 Å². The lowest BCUT2D eigenvalue weighted by Gasteiger charge is -2.35. The Hall–Kier alpha value is -0.470. The number of benzene rings is 1. The van der Waals surface area contributed by atoms with E-state index < -0.39 is 0 Å². The van der Waals surface area contributed by atoms with Crippen LogP contribution in [0.2, 0.25) is 0 Å². The van der Waals surface area contributed by atoms with Crippen LogP contribution >= 0.6 is 11.8 Å². The van der Waals surface area contributed by atoms with Crippen LogP contribution in [0.5, 0.6) is 0 Å². The van der Waals surface area contributed by atoms with E-state index in [2.05, 4.69) is 31.4 Å². The summed E-state index contributed by atoms with van der Waals surface area (Å²) in [6.45, 7) is 2.18. The van der Waals surface area contributed by atoms with Crippen molar-refractivity contribution in [3.8, 4) is 0 Å². The topological polar surface area (TPSA) is 26.0 Å².